The third-order valence-corrected chi connectivity index (χ3v) is 4.68. The summed E-state index contributed by atoms with van der Waals surface area (Å²) in [6.07, 6.45) is 1.36. The Hall–Kier alpha value is -2.56. The number of aliphatic imine (C=N–C) groups is 1. The average Bonchev–Trinajstić information content (AvgIpc) is 2.78. The summed E-state index contributed by atoms with van der Waals surface area (Å²) in [7, 11) is 1.34. The Labute approximate surface area is 194 Å². The number of ether oxygens (including phenoxy) is 1. The largest absolute Gasteiger partial charge is 0.453 e. The van der Waals surface area contributed by atoms with Crippen LogP contribution in [0.5, 0.6) is 0 Å². The molecular formula is C21H29IN6O2. The number of nitrogens with one attached hydrogen (secondary N) is 2. The maximum absolute atomic E-state index is 11.3. The minimum atomic E-state index is -0.477. The van der Waals surface area contributed by atoms with Crippen LogP contribution < -0.4 is 15.5 Å². The van der Waals surface area contributed by atoms with Crippen molar-refractivity contribution in [2.24, 2.45) is 4.99 Å². The fraction of sp³-hybridized carbons (Fsp3) is 0.381. The van der Waals surface area contributed by atoms with Gasteiger partial charge < -0.3 is 19.9 Å². The van der Waals surface area contributed by atoms with Gasteiger partial charge in [0.15, 0.2) is 5.96 Å². The maximum Gasteiger partial charge on any atom is 0.411 e. The van der Waals surface area contributed by atoms with Crippen LogP contribution in [0.4, 0.5) is 16.3 Å². The van der Waals surface area contributed by atoms with Gasteiger partial charge in [0.25, 0.3) is 0 Å². The number of hydrogen-bond donors (Lipinski definition) is 2. The van der Waals surface area contributed by atoms with Gasteiger partial charge in [0.1, 0.15) is 5.82 Å². The highest BCUT2D eigenvalue weighted by molar-refractivity contribution is 14.0. The fourth-order valence-corrected chi connectivity index (χ4v) is 3.14. The topological polar surface area (TPSA) is 82.1 Å². The molecule has 9 heteroatoms. The van der Waals surface area contributed by atoms with Crippen LogP contribution in [0, 0.1) is 0 Å². The Morgan fingerprint density at radius 3 is 2.47 bits per heavy atom. The third-order valence-electron chi connectivity index (χ3n) is 4.68. The van der Waals surface area contributed by atoms with Crippen LogP contribution in [0.25, 0.3) is 0 Å². The molecule has 0 saturated carbocycles. The number of aromatic nitrogens is 1. The number of halogens is 1. The van der Waals surface area contributed by atoms with Gasteiger partial charge in [0.2, 0.25) is 0 Å². The molecule has 1 fully saturated rings. The van der Waals surface area contributed by atoms with Crippen LogP contribution in [-0.2, 0) is 11.3 Å². The summed E-state index contributed by atoms with van der Waals surface area (Å²) in [6, 6.07) is 13.6. The molecule has 1 aliphatic rings. The lowest BCUT2D eigenvalue weighted by atomic mass is 10.2. The molecule has 8 nitrogen and oxygen atoms in total. The Morgan fingerprint density at radius 2 is 1.87 bits per heavy atom. The first-order valence-electron chi connectivity index (χ1n) is 9.82. The minimum Gasteiger partial charge on any atom is -0.453 e. The number of anilines is 2. The van der Waals surface area contributed by atoms with Crippen molar-refractivity contribution >= 4 is 47.5 Å². The van der Waals surface area contributed by atoms with Crippen molar-refractivity contribution in [3.63, 3.8) is 0 Å². The van der Waals surface area contributed by atoms with Gasteiger partial charge in [-0.1, -0.05) is 18.2 Å². The van der Waals surface area contributed by atoms with E-state index in [1.807, 2.05) is 48.7 Å². The second-order valence-electron chi connectivity index (χ2n) is 6.65. The molecular weight excluding hydrogens is 495 g/mol. The van der Waals surface area contributed by atoms with E-state index in [0.717, 1.165) is 50.1 Å². The van der Waals surface area contributed by atoms with Crippen LogP contribution in [0.15, 0.2) is 53.7 Å². The Bertz CT molecular complexity index is 808. The molecule has 0 unspecified atom stereocenters. The normalized spacial score (nSPS) is 14.0. The average molecular weight is 524 g/mol. The first-order valence-corrected chi connectivity index (χ1v) is 9.82. The van der Waals surface area contributed by atoms with Crippen LogP contribution in [0.3, 0.4) is 0 Å². The lowest BCUT2D eigenvalue weighted by Gasteiger charge is -2.37. The lowest BCUT2D eigenvalue weighted by molar-refractivity contribution is 0.187. The van der Waals surface area contributed by atoms with E-state index in [2.05, 4.69) is 37.1 Å². The SMILES string of the molecule is CCNC(=NCc1ccc(NC(=O)OC)cc1)N1CCN(c2ccccn2)CC1.I. The van der Waals surface area contributed by atoms with Crippen LogP contribution in [0.2, 0.25) is 0 Å². The molecule has 1 aliphatic heterocycles. The molecule has 0 atom stereocenters. The molecule has 0 bridgehead atoms. The van der Waals surface area contributed by atoms with Crippen LogP contribution in [0.1, 0.15) is 12.5 Å². The molecule has 1 aromatic heterocycles. The molecule has 3 rings (SSSR count). The summed E-state index contributed by atoms with van der Waals surface area (Å²) >= 11 is 0. The van der Waals surface area contributed by atoms with Crippen LogP contribution in [-0.4, -0.2) is 61.8 Å². The molecule has 2 aromatic rings. The smallest absolute Gasteiger partial charge is 0.411 e. The zero-order valence-electron chi connectivity index (χ0n) is 17.4. The predicted molar refractivity (Wildman–Crippen MR) is 131 cm³/mol. The molecule has 0 radical (unpaired) electrons. The Morgan fingerprint density at radius 1 is 1.13 bits per heavy atom. The first kappa shape index (κ1) is 23.7. The van der Waals surface area contributed by atoms with Gasteiger partial charge in [0.05, 0.1) is 13.7 Å². The van der Waals surface area contributed by atoms with E-state index in [1.165, 1.54) is 7.11 Å². The van der Waals surface area contributed by atoms with Crippen molar-refractivity contribution in [2.45, 2.75) is 13.5 Å². The highest BCUT2D eigenvalue weighted by Gasteiger charge is 2.20. The van der Waals surface area contributed by atoms with Crippen molar-refractivity contribution in [3.8, 4) is 0 Å². The number of guanidine groups is 1. The highest BCUT2D eigenvalue weighted by atomic mass is 127. The number of benzene rings is 1. The molecule has 2 N–H and O–H groups in total. The lowest BCUT2D eigenvalue weighted by Crippen LogP contribution is -2.52. The Balaban J connectivity index is 0.00000320. The van der Waals surface area contributed by atoms with Gasteiger partial charge in [-0.3, -0.25) is 5.32 Å². The van der Waals surface area contributed by atoms with E-state index in [-0.39, 0.29) is 24.0 Å². The number of methoxy groups -OCH3 is 1. The van der Waals surface area contributed by atoms with E-state index < -0.39 is 6.09 Å². The summed E-state index contributed by atoms with van der Waals surface area (Å²) in [5, 5.41) is 6.04. The van der Waals surface area contributed by atoms with E-state index in [4.69, 9.17) is 4.99 Å². The molecule has 1 amide bonds. The van der Waals surface area contributed by atoms with Crippen molar-refractivity contribution in [2.75, 3.05) is 50.1 Å². The molecule has 30 heavy (non-hydrogen) atoms. The zero-order chi connectivity index (χ0) is 20.5. The van der Waals surface area contributed by atoms with Crippen LogP contribution >= 0.6 is 24.0 Å². The van der Waals surface area contributed by atoms with Gasteiger partial charge in [-0.25, -0.2) is 14.8 Å². The number of hydrogen-bond acceptors (Lipinski definition) is 5. The van der Waals surface area contributed by atoms with E-state index in [1.54, 1.807) is 0 Å². The summed E-state index contributed by atoms with van der Waals surface area (Å²) < 4.78 is 4.60. The van der Waals surface area contributed by atoms with Gasteiger partial charge >= 0.3 is 6.09 Å². The van der Waals surface area contributed by atoms with Gasteiger partial charge in [-0.05, 0) is 36.8 Å². The quantitative estimate of drug-likeness (QED) is 0.356. The highest BCUT2D eigenvalue weighted by Crippen LogP contribution is 2.14. The second-order valence-corrected chi connectivity index (χ2v) is 6.65. The third kappa shape index (κ3) is 6.75. The maximum atomic E-state index is 11.3. The van der Waals surface area contributed by atoms with Gasteiger partial charge in [-0.15, -0.1) is 24.0 Å². The number of pyridine rings is 1. The fourth-order valence-electron chi connectivity index (χ4n) is 3.14. The van der Waals surface area contributed by atoms with E-state index in [0.29, 0.717) is 12.2 Å². The van der Waals surface area contributed by atoms with E-state index in [9.17, 15) is 4.79 Å². The van der Waals surface area contributed by atoms with Gasteiger partial charge in [0, 0.05) is 44.6 Å². The number of amides is 1. The van der Waals surface area contributed by atoms with E-state index >= 15 is 0 Å². The molecule has 0 aliphatic carbocycles. The number of rotatable bonds is 5. The molecule has 2 heterocycles. The zero-order valence-corrected chi connectivity index (χ0v) is 19.7. The monoisotopic (exact) mass is 524 g/mol. The second kappa shape index (κ2) is 12.2. The summed E-state index contributed by atoms with van der Waals surface area (Å²) in [6.45, 7) is 7.08. The number of carbonyl (C=O) groups excluding carboxylic acids is 1. The first-order chi connectivity index (χ1) is 14.2. The molecule has 1 aromatic carbocycles. The van der Waals surface area contributed by atoms with Crippen molar-refractivity contribution in [3.05, 3.63) is 54.2 Å². The van der Waals surface area contributed by atoms with Crippen molar-refractivity contribution < 1.29 is 9.53 Å². The van der Waals surface area contributed by atoms with Gasteiger partial charge in [-0.2, -0.15) is 0 Å². The van der Waals surface area contributed by atoms with Crippen molar-refractivity contribution in [1.29, 1.82) is 0 Å². The Kier molecular flexibility index (Phi) is 9.65. The number of nitrogens with zero attached hydrogens (tertiary/aromatic N) is 4. The molecule has 162 valence electrons. The summed E-state index contributed by atoms with van der Waals surface area (Å²) in [5.41, 5.74) is 1.77. The molecule has 1 saturated heterocycles. The minimum absolute atomic E-state index is 0. The van der Waals surface area contributed by atoms with Crippen molar-refractivity contribution in [1.82, 2.24) is 15.2 Å². The molecule has 0 spiro atoms. The predicted octanol–water partition coefficient (Wildman–Crippen LogP) is 3.17. The number of carbonyl (C=O) groups is 1. The number of piperazine rings is 1. The standard InChI is InChI=1S/C21H28N6O2.HI/c1-3-22-20(24-16-17-7-9-18(10-8-17)25-21(28)29-2)27-14-12-26(13-15-27)19-6-4-5-11-23-19;/h4-11H,3,12-16H2,1-2H3,(H,22,24)(H,25,28);1H. The summed E-state index contributed by atoms with van der Waals surface area (Å²) in [5.74, 6) is 1.94. The summed E-state index contributed by atoms with van der Waals surface area (Å²) in [4.78, 5) is 25.1.